The Morgan fingerprint density at radius 1 is 1.17 bits per heavy atom. The molecular formula is C19H20N2O2. The van der Waals surface area contributed by atoms with E-state index >= 15 is 0 Å². The number of fused-ring (bicyclic) bond motifs is 1. The number of aromatic nitrogens is 2. The van der Waals surface area contributed by atoms with Crippen LogP contribution in [0, 0.1) is 5.92 Å². The number of hydrogen-bond donors (Lipinski definition) is 1. The minimum absolute atomic E-state index is 0.0215. The molecule has 23 heavy (non-hydrogen) atoms. The Balaban J connectivity index is 2.15. The number of carboxylic acids is 1. The minimum atomic E-state index is -0.825. The fourth-order valence-electron chi connectivity index (χ4n) is 2.82. The van der Waals surface area contributed by atoms with Crippen LogP contribution in [0.15, 0.2) is 48.5 Å². The molecule has 3 rings (SSSR count). The van der Waals surface area contributed by atoms with Crippen LogP contribution in [0.2, 0.25) is 0 Å². The van der Waals surface area contributed by atoms with Crippen molar-refractivity contribution in [2.45, 2.75) is 26.8 Å². The second kappa shape index (κ2) is 6.24. The Labute approximate surface area is 135 Å². The van der Waals surface area contributed by atoms with Crippen LogP contribution < -0.4 is 0 Å². The average molecular weight is 308 g/mol. The number of hydrogen-bond acceptors (Lipinski definition) is 2. The van der Waals surface area contributed by atoms with Gasteiger partial charge >= 0.3 is 5.97 Å². The summed E-state index contributed by atoms with van der Waals surface area (Å²) in [5.41, 5.74) is 3.75. The summed E-state index contributed by atoms with van der Waals surface area (Å²) < 4.78 is 2.22. The third kappa shape index (κ3) is 3.26. The first-order chi connectivity index (χ1) is 11.0. The van der Waals surface area contributed by atoms with Crippen LogP contribution in [0.5, 0.6) is 0 Å². The highest BCUT2D eigenvalue weighted by atomic mass is 16.4. The van der Waals surface area contributed by atoms with Gasteiger partial charge in [-0.05, 0) is 23.6 Å². The highest BCUT2D eigenvalue weighted by Crippen LogP contribution is 2.26. The molecule has 0 aliphatic carbocycles. The van der Waals surface area contributed by atoms with Crippen molar-refractivity contribution in [2.75, 3.05) is 0 Å². The van der Waals surface area contributed by atoms with Crippen molar-refractivity contribution >= 4 is 17.0 Å². The zero-order chi connectivity index (χ0) is 16.4. The van der Waals surface area contributed by atoms with Crippen LogP contribution in [-0.4, -0.2) is 20.6 Å². The van der Waals surface area contributed by atoms with Crippen LogP contribution in [0.25, 0.3) is 22.4 Å². The largest absolute Gasteiger partial charge is 0.481 e. The molecular weight excluding hydrogens is 288 g/mol. The van der Waals surface area contributed by atoms with E-state index in [0.717, 1.165) is 34.5 Å². The van der Waals surface area contributed by atoms with E-state index in [1.54, 1.807) is 0 Å². The van der Waals surface area contributed by atoms with Gasteiger partial charge < -0.3 is 9.67 Å². The van der Waals surface area contributed by atoms with Crippen molar-refractivity contribution in [3.63, 3.8) is 0 Å². The standard InChI is InChI=1S/C19H20N2O2/c1-13(2)12-21-17-9-8-14(11-18(22)23)10-16(17)20-19(21)15-6-4-3-5-7-15/h3-10,13H,11-12H2,1-2H3,(H,22,23). The summed E-state index contributed by atoms with van der Waals surface area (Å²) in [6, 6.07) is 15.8. The number of aliphatic carboxylic acids is 1. The molecule has 1 heterocycles. The van der Waals surface area contributed by atoms with E-state index in [2.05, 4.69) is 30.5 Å². The first-order valence-corrected chi connectivity index (χ1v) is 7.81. The van der Waals surface area contributed by atoms with Crippen molar-refractivity contribution < 1.29 is 9.90 Å². The Kier molecular flexibility index (Phi) is 4.15. The van der Waals surface area contributed by atoms with Crippen molar-refractivity contribution in [3.8, 4) is 11.4 Å². The molecule has 0 aliphatic rings. The number of carbonyl (C=O) groups is 1. The average Bonchev–Trinajstić information content (AvgIpc) is 2.85. The van der Waals surface area contributed by atoms with Crippen molar-refractivity contribution in [1.29, 1.82) is 0 Å². The third-order valence-corrected chi connectivity index (χ3v) is 3.75. The topological polar surface area (TPSA) is 55.1 Å². The predicted octanol–water partition coefficient (Wildman–Crippen LogP) is 3.99. The van der Waals surface area contributed by atoms with E-state index in [4.69, 9.17) is 10.1 Å². The smallest absolute Gasteiger partial charge is 0.307 e. The van der Waals surface area contributed by atoms with E-state index in [0.29, 0.717) is 5.92 Å². The fraction of sp³-hybridized carbons (Fsp3) is 0.263. The first kappa shape index (κ1) is 15.3. The molecule has 3 aromatic rings. The van der Waals surface area contributed by atoms with Gasteiger partial charge in [-0.2, -0.15) is 0 Å². The summed E-state index contributed by atoms with van der Waals surface area (Å²) >= 11 is 0. The van der Waals surface area contributed by atoms with E-state index < -0.39 is 5.97 Å². The summed E-state index contributed by atoms with van der Waals surface area (Å²) in [5, 5.41) is 8.97. The van der Waals surface area contributed by atoms with E-state index in [9.17, 15) is 4.79 Å². The van der Waals surface area contributed by atoms with Gasteiger partial charge in [0, 0.05) is 12.1 Å². The van der Waals surface area contributed by atoms with Gasteiger partial charge in [0.25, 0.3) is 0 Å². The molecule has 0 atom stereocenters. The zero-order valence-corrected chi connectivity index (χ0v) is 13.4. The Hall–Kier alpha value is -2.62. The summed E-state index contributed by atoms with van der Waals surface area (Å²) in [6.07, 6.45) is 0.0215. The Bertz CT molecular complexity index is 835. The molecule has 4 nitrogen and oxygen atoms in total. The van der Waals surface area contributed by atoms with Gasteiger partial charge in [0.2, 0.25) is 0 Å². The summed E-state index contributed by atoms with van der Waals surface area (Å²) in [7, 11) is 0. The zero-order valence-electron chi connectivity index (χ0n) is 13.4. The molecule has 0 spiro atoms. The van der Waals surface area contributed by atoms with Gasteiger partial charge in [-0.3, -0.25) is 4.79 Å². The molecule has 2 aromatic carbocycles. The van der Waals surface area contributed by atoms with E-state index in [-0.39, 0.29) is 6.42 Å². The molecule has 0 radical (unpaired) electrons. The normalized spacial score (nSPS) is 11.3. The van der Waals surface area contributed by atoms with E-state index in [1.807, 2.05) is 36.4 Å². The SMILES string of the molecule is CC(C)Cn1c(-c2ccccc2)nc2cc(CC(=O)O)ccc21. The number of carboxylic acid groups (broad SMARTS) is 1. The summed E-state index contributed by atoms with van der Waals surface area (Å²) in [6.45, 7) is 5.23. The first-order valence-electron chi connectivity index (χ1n) is 7.81. The quantitative estimate of drug-likeness (QED) is 0.775. The van der Waals surface area contributed by atoms with Gasteiger partial charge in [-0.15, -0.1) is 0 Å². The molecule has 1 N–H and O–H groups in total. The lowest BCUT2D eigenvalue weighted by Gasteiger charge is -2.12. The number of benzene rings is 2. The Morgan fingerprint density at radius 3 is 2.57 bits per heavy atom. The van der Waals surface area contributed by atoms with Gasteiger partial charge in [-0.25, -0.2) is 4.98 Å². The second-order valence-electron chi connectivity index (χ2n) is 6.20. The maximum Gasteiger partial charge on any atom is 0.307 e. The Morgan fingerprint density at radius 2 is 1.91 bits per heavy atom. The predicted molar refractivity (Wildman–Crippen MR) is 91.3 cm³/mol. The van der Waals surface area contributed by atoms with Crippen molar-refractivity contribution in [1.82, 2.24) is 9.55 Å². The van der Waals surface area contributed by atoms with Gasteiger partial charge in [0.1, 0.15) is 5.82 Å². The molecule has 0 saturated heterocycles. The molecule has 0 bridgehead atoms. The lowest BCUT2D eigenvalue weighted by Crippen LogP contribution is -2.06. The van der Waals surface area contributed by atoms with Gasteiger partial charge in [0.15, 0.2) is 0 Å². The highest BCUT2D eigenvalue weighted by molar-refractivity contribution is 5.82. The maximum absolute atomic E-state index is 10.9. The molecule has 0 fully saturated rings. The van der Waals surface area contributed by atoms with Gasteiger partial charge in [0.05, 0.1) is 17.5 Å². The monoisotopic (exact) mass is 308 g/mol. The van der Waals surface area contributed by atoms with Crippen LogP contribution in [0.4, 0.5) is 0 Å². The van der Waals surface area contributed by atoms with Crippen LogP contribution in [0.3, 0.4) is 0 Å². The summed E-state index contributed by atoms with van der Waals surface area (Å²) in [5.74, 6) is 0.601. The molecule has 0 saturated carbocycles. The molecule has 0 aliphatic heterocycles. The fourth-order valence-corrected chi connectivity index (χ4v) is 2.82. The third-order valence-electron chi connectivity index (χ3n) is 3.75. The van der Waals surface area contributed by atoms with Gasteiger partial charge in [-0.1, -0.05) is 50.2 Å². The van der Waals surface area contributed by atoms with Crippen molar-refractivity contribution in [3.05, 3.63) is 54.1 Å². The molecule has 0 unspecified atom stereocenters. The lowest BCUT2D eigenvalue weighted by molar-refractivity contribution is -0.136. The molecule has 0 amide bonds. The number of rotatable bonds is 5. The molecule has 1 aromatic heterocycles. The minimum Gasteiger partial charge on any atom is -0.481 e. The lowest BCUT2D eigenvalue weighted by atomic mass is 10.1. The molecule has 118 valence electrons. The van der Waals surface area contributed by atoms with Crippen LogP contribution >= 0.6 is 0 Å². The number of imidazole rings is 1. The summed E-state index contributed by atoms with van der Waals surface area (Å²) in [4.78, 5) is 15.7. The molecule has 4 heteroatoms. The maximum atomic E-state index is 10.9. The van der Waals surface area contributed by atoms with Crippen LogP contribution in [-0.2, 0) is 17.8 Å². The van der Waals surface area contributed by atoms with Crippen molar-refractivity contribution in [2.24, 2.45) is 5.92 Å². The van der Waals surface area contributed by atoms with Crippen LogP contribution in [0.1, 0.15) is 19.4 Å². The highest BCUT2D eigenvalue weighted by Gasteiger charge is 2.14. The number of nitrogens with zero attached hydrogens (tertiary/aromatic N) is 2. The second-order valence-corrected chi connectivity index (χ2v) is 6.20. The van der Waals surface area contributed by atoms with E-state index in [1.165, 1.54) is 0 Å².